The van der Waals surface area contributed by atoms with Crippen LogP contribution in [0.1, 0.15) is 0 Å². The minimum Gasteiger partial charge on any atom is -1.00 e. The van der Waals surface area contributed by atoms with E-state index in [0.29, 0.717) is 5.75 Å². The first kappa shape index (κ1) is 17.4. The van der Waals surface area contributed by atoms with Gasteiger partial charge in [-0.1, -0.05) is 0 Å². The Morgan fingerprint density at radius 1 is 1.33 bits per heavy atom. The van der Waals surface area contributed by atoms with E-state index in [1.165, 1.54) is 0 Å². The maximum Gasteiger partial charge on any atom is 0.762 e. The zero-order valence-electron chi connectivity index (χ0n) is 7.99. The van der Waals surface area contributed by atoms with Crippen molar-refractivity contribution in [3.05, 3.63) is 0 Å². The van der Waals surface area contributed by atoms with Crippen LogP contribution in [0.15, 0.2) is 0 Å². The molecule has 1 aliphatic rings. The summed E-state index contributed by atoms with van der Waals surface area (Å²) < 4.78 is 29.0. The number of hydrogen-bond donors (Lipinski definition) is 3. The van der Waals surface area contributed by atoms with Crippen LogP contribution in [0.4, 0.5) is 12.9 Å². The summed E-state index contributed by atoms with van der Waals surface area (Å²) in [6.07, 6.45) is 0.629. The number of hydrogen-bond acceptors (Lipinski definition) is 3. The van der Waals surface area contributed by atoms with Gasteiger partial charge in [0.05, 0.1) is 12.9 Å². The highest BCUT2D eigenvalue weighted by atomic mass is 32.2. The van der Waals surface area contributed by atoms with Crippen molar-refractivity contribution < 1.29 is 33.0 Å². The van der Waals surface area contributed by atoms with Crippen molar-refractivity contribution in [2.45, 2.75) is 17.5 Å². The molecule has 1 rings (SSSR count). The lowest BCUT2D eigenvalue weighted by molar-refractivity contribution is -0.00000937. The molecule has 1 fully saturated rings. The molecule has 92 valence electrons. The minimum atomic E-state index is -3.67. The molecule has 3 nitrogen and oxygen atoms in total. The Kier molecular flexibility index (Phi) is 9.52. The Hall–Kier alpha value is 0.0149. The van der Waals surface area contributed by atoms with Crippen molar-refractivity contribution in [2.75, 3.05) is 18.6 Å². The van der Waals surface area contributed by atoms with Gasteiger partial charge in [0.25, 0.3) is 0 Å². The standard InChI is InChI=1S/C6H13O3S.BF3.FH/c1-10-3-4(8)6(9)5(10)2-7;2-1(3)4;/h4-9H,2-3H2,1H3;;1H/q+1;;/p-1/t4-,5-,6+,10?;;/m0../s1. The number of halogens is 4. The molecule has 0 aromatic heterocycles. The van der Waals surface area contributed by atoms with Crippen molar-refractivity contribution in [3.63, 3.8) is 0 Å². The molecule has 0 aromatic carbocycles. The summed E-state index contributed by atoms with van der Waals surface area (Å²) in [5, 5.41) is 27.0. The zero-order chi connectivity index (χ0) is 11.3. The molecule has 0 saturated carbocycles. The second-order valence-electron chi connectivity index (χ2n) is 2.88. The molecule has 0 aromatic rings. The summed E-state index contributed by atoms with van der Waals surface area (Å²) in [7, 11) is -3.69. The van der Waals surface area contributed by atoms with E-state index in [2.05, 4.69) is 0 Å². The molecule has 3 N–H and O–H groups in total. The van der Waals surface area contributed by atoms with E-state index >= 15 is 0 Å². The van der Waals surface area contributed by atoms with Gasteiger partial charge in [-0.3, -0.25) is 12.9 Å². The predicted molar refractivity (Wildman–Crippen MR) is 50.1 cm³/mol. The van der Waals surface area contributed by atoms with Gasteiger partial charge in [0, 0.05) is 0 Å². The van der Waals surface area contributed by atoms with Crippen LogP contribution in [0.3, 0.4) is 0 Å². The molecular weight excluding hydrogens is 239 g/mol. The summed E-state index contributed by atoms with van der Waals surface area (Å²) in [5.41, 5.74) is 0. The van der Waals surface area contributed by atoms with Crippen molar-refractivity contribution in [2.24, 2.45) is 0 Å². The zero-order valence-corrected chi connectivity index (χ0v) is 8.80. The fourth-order valence-electron chi connectivity index (χ4n) is 1.21. The summed E-state index contributed by atoms with van der Waals surface area (Å²) >= 11 is 0. The molecule has 1 aliphatic heterocycles. The van der Waals surface area contributed by atoms with Gasteiger partial charge in [0.1, 0.15) is 18.0 Å². The Morgan fingerprint density at radius 2 is 1.73 bits per heavy atom. The Balaban J connectivity index is 0. The highest BCUT2D eigenvalue weighted by molar-refractivity contribution is 7.97. The van der Waals surface area contributed by atoms with E-state index in [-0.39, 0.29) is 27.5 Å². The van der Waals surface area contributed by atoms with Gasteiger partial charge < -0.3 is 20.0 Å². The molecule has 1 heterocycles. The third-order valence-electron chi connectivity index (χ3n) is 1.91. The average Bonchev–Trinajstić information content (AvgIpc) is 2.25. The third kappa shape index (κ3) is 6.23. The smallest absolute Gasteiger partial charge is 0.762 e. The van der Waals surface area contributed by atoms with Gasteiger partial charge in [0.15, 0.2) is 5.25 Å². The molecule has 0 amide bonds. The second kappa shape index (κ2) is 8.20. The molecule has 0 radical (unpaired) electrons. The van der Waals surface area contributed by atoms with Crippen LogP contribution < -0.4 is 4.70 Å². The maximum absolute atomic E-state index is 9.67. The lowest BCUT2D eigenvalue weighted by Gasteiger charge is -2.08. The van der Waals surface area contributed by atoms with Crippen molar-refractivity contribution in [1.82, 2.24) is 0 Å². The molecule has 0 bridgehead atoms. The van der Waals surface area contributed by atoms with Gasteiger partial charge in [-0.25, -0.2) is 0 Å². The van der Waals surface area contributed by atoms with E-state index in [0.717, 1.165) is 0 Å². The van der Waals surface area contributed by atoms with Gasteiger partial charge in [-0.2, -0.15) is 0 Å². The van der Waals surface area contributed by atoms with E-state index in [1.807, 2.05) is 6.26 Å². The van der Waals surface area contributed by atoms with Gasteiger partial charge in [0.2, 0.25) is 0 Å². The second-order valence-corrected chi connectivity index (χ2v) is 5.21. The molecule has 4 atom stereocenters. The van der Waals surface area contributed by atoms with Crippen LogP contribution in [-0.2, 0) is 10.9 Å². The Bertz CT molecular complexity index is 165. The summed E-state index contributed by atoms with van der Waals surface area (Å²) in [4.78, 5) is 0. The number of aliphatic hydroxyl groups excluding tert-OH is 3. The quantitative estimate of drug-likeness (QED) is 0.255. The Labute approximate surface area is 88.2 Å². The monoisotopic (exact) mass is 252 g/mol. The van der Waals surface area contributed by atoms with Gasteiger partial charge >= 0.3 is 7.54 Å². The SMILES string of the molecule is C[S+]1C[C@H](O)[C@@H](O)[C@@H]1CO.FB(F)F.[F-]. The normalized spacial score (nSPS) is 33.8. The number of rotatable bonds is 1. The van der Waals surface area contributed by atoms with Crippen molar-refractivity contribution >= 4 is 18.4 Å². The molecular formula is C6H13BF4O3S. The molecule has 0 spiro atoms. The van der Waals surface area contributed by atoms with E-state index in [1.54, 1.807) is 0 Å². The largest absolute Gasteiger partial charge is 1.00 e. The average molecular weight is 252 g/mol. The summed E-state index contributed by atoms with van der Waals surface area (Å²) in [6, 6.07) is 0. The lowest BCUT2D eigenvalue weighted by atomic mass is 10.2. The maximum atomic E-state index is 9.67. The van der Waals surface area contributed by atoms with E-state index in [9.17, 15) is 18.1 Å². The van der Waals surface area contributed by atoms with Crippen molar-refractivity contribution in [1.29, 1.82) is 0 Å². The molecule has 9 heteroatoms. The summed E-state index contributed by atoms with van der Waals surface area (Å²) in [6.45, 7) is -0.0160. The van der Waals surface area contributed by atoms with Crippen LogP contribution in [0, 0.1) is 0 Å². The van der Waals surface area contributed by atoms with Crippen molar-refractivity contribution in [3.8, 4) is 0 Å². The van der Waals surface area contributed by atoms with Crippen LogP contribution in [0.25, 0.3) is 0 Å². The molecule has 1 saturated heterocycles. The third-order valence-corrected chi connectivity index (χ3v) is 4.23. The minimum absolute atomic E-state index is 0. The Morgan fingerprint density at radius 3 is 1.87 bits per heavy atom. The fraction of sp³-hybridized carbons (Fsp3) is 1.00. The van der Waals surface area contributed by atoms with E-state index in [4.69, 9.17) is 10.2 Å². The van der Waals surface area contributed by atoms with Crippen LogP contribution in [-0.4, -0.2) is 58.9 Å². The first-order valence-electron chi connectivity index (χ1n) is 3.90. The first-order valence-corrected chi connectivity index (χ1v) is 5.77. The lowest BCUT2D eigenvalue weighted by Crippen LogP contribution is -3.00. The van der Waals surface area contributed by atoms with Crippen LogP contribution in [0.2, 0.25) is 0 Å². The highest BCUT2D eigenvalue weighted by Crippen LogP contribution is 2.20. The number of aliphatic hydroxyl groups is 3. The van der Waals surface area contributed by atoms with E-state index < -0.39 is 19.8 Å². The molecule has 1 unspecified atom stereocenters. The van der Waals surface area contributed by atoms with Crippen LogP contribution in [0.5, 0.6) is 0 Å². The fourth-order valence-corrected chi connectivity index (χ4v) is 3.11. The molecule has 15 heavy (non-hydrogen) atoms. The van der Waals surface area contributed by atoms with Gasteiger partial charge in [-0.15, -0.1) is 0 Å². The first-order chi connectivity index (χ1) is 6.40. The predicted octanol–water partition coefficient (Wildman–Crippen LogP) is -3.79. The molecule has 0 aliphatic carbocycles. The van der Waals surface area contributed by atoms with Gasteiger partial charge in [-0.05, 0) is 10.9 Å². The van der Waals surface area contributed by atoms with Crippen LogP contribution >= 0.6 is 0 Å². The highest BCUT2D eigenvalue weighted by Gasteiger charge is 2.46. The summed E-state index contributed by atoms with van der Waals surface area (Å²) in [5.74, 6) is 0.631. The topological polar surface area (TPSA) is 60.7 Å².